The van der Waals surface area contributed by atoms with E-state index in [4.69, 9.17) is 20.2 Å². The number of fused-ring (bicyclic) bond motifs is 1. The van der Waals surface area contributed by atoms with E-state index in [-0.39, 0.29) is 12.7 Å². The smallest absolute Gasteiger partial charge is 0.255 e. The lowest BCUT2D eigenvalue weighted by Gasteiger charge is -2.25. The standard InChI is InChI=1S/C28H28N8O3S/c1-36-15-19(14-33-36)17-8-20(11-22(9-17)38-16-26(29)37)34-28-32-13-18-10-23(27-31-6-7-40-27)25(12-24(18)35-28)39-21-2-4-30-5-3-21/h6-15,21,30H,2-5,16H2,1H3,(H2,29,37)(H,32,34,35). The number of carbonyl (C=O) groups is 1. The molecule has 0 spiro atoms. The van der Waals surface area contributed by atoms with Crippen LogP contribution < -0.4 is 25.8 Å². The number of nitrogens with one attached hydrogen (secondary N) is 2. The number of rotatable bonds is 9. The van der Waals surface area contributed by atoms with Crippen LogP contribution in [0.15, 0.2) is 60.5 Å². The molecule has 204 valence electrons. The number of hydrogen-bond acceptors (Lipinski definition) is 10. The number of amides is 1. The van der Waals surface area contributed by atoms with Crippen LogP contribution in [0.1, 0.15) is 12.8 Å². The highest BCUT2D eigenvalue weighted by molar-refractivity contribution is 7.13. The summed E-state index contributed by atoms with van der Waals surface area (Å²) < 4.78 is 13.8. The largest absolute Gasteiger partial charge is 0.490 e. The van der Waals surface area contributed by atoms with E-state index >= 15 is 0 Å². The Labute approximate surface area is 234 Å². The molecule has 3 aromatic heterocycles. The molecule has 11 nitrogen and oxygen atoms in total. The average Bonchev–Trinajstić information content (AvgIpc) is 3.64. The number of aromatic nitrogens is 5. The van der Waals surface area contributed by atoms with Crippen molar-refractivity contribution < 1.29 is 14.3 Å². The Balaban J connectivity index is 1.34. The van der Waals surface area contributed by atoms with E-state index in [1.807, 2.05) is 42.9 Å². The van der Waals surface area contributed by atoms with Gasteiger partial charge in [0.15, 0.2) is 6.61 Å². The summed E-state index contributed by atoms with van der Waals surface area (Å²) in [6.07, 6.45) is 9.25. The zero-order valence-electron chi connectivity index (χ0n) is 21.8. The molecule has 1 fully saturated rings. The van der Waals surface area contributed by atoms with E-state index < -0.39 is 5.91 Å². The van der Waals surface area contributed by atoms with Crippen molar-refractivity contribution in [3.8, 4) is 33.2 Å². The van der Waals surface area contributed by atoms with Gasteiger partial charge in [-0.1, -0.05) is 0 Å². The first-order chi connectivity index (χ1) is 19.5. The van der Waals surface area contributed by atoms with Crippen LogP contribution in [-0.2, 0) is 11.8 Å². The summed E-state index contributed by atoms with van der Waals surface area (Å²) in [5.41, 5.74) is 9.40. The highest BCUT2D eigenvalue weighted by Gasteiger charge is 2.19. The number of primary amides is 1. The highest BCUT2D eigenvalue weighted by atomic mass is 32.1. The zero-order chi connectivity index (χ0) is 27.5. The molecule has 0 unspecified atom stereocenters. The van der Waals surface area contributed by atoms with Crippen LogP contribution in [-0.4, -0.2) is 56.4 Å². The second-order valence-corrected chi connectivity index (χ2v) is 10.4. The Kier molecular flexibility index (Phi) is 7.25. The van der Waals surface area contributed by atoms with Gasteiger partial charge in [-0.2, -0.15) is 5.10 Å². The minimum absolute atomic E-state index is 0.130. The Morgan fingerprint density at radius 3 is 2.77 bits per heavy atom. The van der Waals surface area contributed by atoms with E-state index in [1.54, 1.807) is 40.7 Å². The van der Waals surface area contributed by atoms with Gasteiger partial charge in [0.2, 0.25) is 5.95 Å². The topological polar surface area (TPSA) is 142 Å². The van der Waals surface area contributed by atoms with E-state index in [0.29, 0.717) is 17.4 Å². The van der Waals surface area contributed by atoms with Crippen LogP contribution in [0.4, 0.5) is 11.6 Å². The summed E-state index contributed by atoms with van der Waals surface area (Å²) >= 11 is 1.57. The minimum Gasteiger partial charge on any atom is -0.490 e. The summed E-state index contributed by atoms with van der Waals surface area (Å²) in [4.78, 5) is 25.2. The molecule has 4 N–H and O–H groups in total. The molecule has 0 saturated carbocycles. The fourth-order valence-electron chi connectivity index (χ4n) is 4.61. The predicted molar refractivity (Wildman–Crippen MR) is 154 cm³/mol. The summed E-state index contributed by atoms with van der Waals surface area (Å²) in [5, 5.41) is 14.6. The molecule has 0 bridgehead atoms. The SMILES string of the molecule is Cn1cc(-c2cc(Nc3ncc4cc(-c5nccs5)c(OC5CCNCC5)cc4n3)cc(OCC(N)=O)c2)cn1. The fourth-order valence-corrected chi connectivity index (χ4v) is 5.27. The van der Waals surface area contributed by atoms with E-state index in [9.17, 15) is 4.79 Å². The molecule has 0 radical (unpaired) electrons. The van der Waals surface area contributed by atoms with Crippen LogP contribution in [0.5, 0.6) is 11.5 Å². The Hall–Kier alpha value is -4.55. The Bertz CT molecular complexity index is 1650. The molecule has 0 atom stereocenters. The summed E-state index contributed by atoms with van der Waals surface area (Å²) in [6.45, 7) is 1.64. The second-order valence-electron chi connectivity index (χ2n) is 9.53. The number of anilines is 2. The van der Waals surface area contributed by atoms with Crippen molar-refractivity contribution in [2.75, 3.05) is 25.0 Å². The van der Waals surface area contributed by atoms with Gasteiger partial charge in [0.25, 0.3) is 5.91 Å². The Morgan fingerprint density at radius 2 is 2.02 bits per heavy atom. The van der Waals surface area contributed by atoms with Gasteiger partial charge in [0, 0.05) is 59.8 Å². The Morgan fingerprint density at radius 1 is 1.15 bits per heavy atom. The van der Waals surface area contributed by atoms with E-state index in [2.05, 4.69) is 25.7 Å². The lowest BCUT2D eigenvalue weighted by molar-refractivity contribution is -0.119. The van der Waals surface area contributed by atoms with Crippen LogP contribution in [0.3, 0.4) is 0 Å². The lowest BCUT2D eigenvalue weighted by Crippen LogP contribution is -2.34. The molecule has 1 saturated heterocycles. The average molecular weight is 557 g/mol. The van der Waals surface area contributed by atoms with Gasteiger partial charge in [-0.25, -0.2) is 15.0 Å². The molecular weight excluding hydrogens is 528 g/mol. The summed E-state index contributed by atoms with van der Waals surface area (Å²) in [5.74, 6) is 1.10. The quantitative estimate of drug-likeness (QED) is 0.246. The van der Waals surface area contributed by atoms with Gasteiger partial charge >= 0.3 is 0 Å². The van der Waals surface area contributed by atoms with Crippen molar-refractivity contribution in [2.45, 2.75) is 18.9 Å². The summed E-state index contributed by atoms with van der Waals surface area (Å²) in [7, 11) is 1.85. The molecule has 12 heteroatoms. The van der Waals surface area contributed by atoms with Gasteiger partial charge in [-0.15, -0.1) is 11.3 Å². The molecule has 1 amide bonds. The lowest BCUT2D eigenvalue weighted by atomic mass is 10.1. The first-order valence-electron chi connectivity index (χ1n) is 12.9. The minimum atomic E-state index is -0.557. The monoisotopic (exact) mass is 556 g/mol. The number of benzene rings is 2. The van der Waals surface area contributed by atoms with E-state index in [1.165, 1.54) is 0 Å². The maximum Gasteiger partial charge on any atom is 0.255 e. The third-order valence-corrected chi connectivity index (χ3v) is 7.31. The van der Waals surface area contributed by atoms with Crippen molar-refractivity contribution in [2.24, 2.45) is 12.8 Å². The van der Waals surface area contributed by atoms with Crippen molar-refractivity contribution in [3.05, 3.63) is 60.5 Å². The maximum absolute atomic E-state index is 11.3. The predicted octanol–water partition coefficient (Wildman–Crippen LogP) is 3.89. The third-order valence-electron chi connectivity index (χ3n) is 6.51. The molecule has 4 heterocycles. The highest BCUT2D eigenvalue weighted by Crippen LogP contribution is 2.37. The number of thiazole rings is 1. The van der Waals surface area contributed by atoms with Crippen molar-refractivity contribution in [3.63, 3.8) is 0 Å². The van der Waals surface area contributed by atoms with Gasteiger partial charge in [-0.3, -0.25) is 9.48 Å². The first kappa shape index (κ1) is 25.7. The van der Waals surface area contributed by atoms with Crippen LogP contribution in [0.2, 0.25) is 0 Å². The molecule has 5 aromatic rings. The number of nitrogens with two attached hydrogens (primary N) is 1. The van der Waals surface area contributed by atoms with Crippen LogP contribution >= 0.6 is 11.3 Å². The number of nitrogens with zero attached hydrogens (tertiary/aromatic N) is 5. The van der Waals surface area contributed by atoms with Gasteiger partial charge in [0.05, 0.1) is 17.3 Å². The fraction of sp³-hybridized carbons (Fsp3) is 0.250. The third kappa shape index (κ3) is 5.87. The van der Waals surface area contributed by atoms with Crippen LogP contribution in [0, 0.1) is 0 Å². The molecular formula is C28H28N8O3S. The van der Waals surface area contributed by atoms with Crippen molar-refractivity contribution in [1.82, 2.24) is 30.0 Å². The van der Waals surface area contributed by atoms with Crippen molar-refractivity contribution >= 4 is 39.8 Å². The number of piperidine rings is 1. The number of hydrogen-bond donors (Lipinski definition) is 3. The summed E-state index contributed by atoms with van der Waals surface area (Å²) in [6, 6.07) is 9.55. The number of carbonyl (C=O) groups excluding carboxylic acids is 1. The number of aryl methyl sites for hydroxylation is 1. The van der Waals surface area contributed by atoms with Crippen molar-refractivity contribution in [1.29, 1.82) is 0 Å². The molecule has 40 heavy (non-hydrogen) atoms. The molecule has 2 aromatic carbocycles. The number of ether oxygens (including phenoxy) is 2. The normalized spacial score (nSPS) is 13.8. The molecule has 1 aliphatic rings. The molecule has 1 aliphatic heterocycles. The zero-order valence-corrected chi connectivity index (χ0v) is 22.6. The second kappa shape index (κ2) is 11.3. The van der Waals surface area contributed by atoms with Gasteiger partial charge in [-0.05, 0) is 49.7 Å². The van der Waals surface area contributed by atoms with Crippen LogP contribution in [0.25, 0.3) is 32.6 Å². The molecule has 0 aliphatic carbocycles. The van der Waals surface area contributed by atoms with Gasteiger partial charge in [0.1, 0.15) is 22.6 Å². The van der Waals surface area contributed by atoms with Gasteiger partial charge < -0.3 is 25.8 Å². The molecule has 6 rings (SSSR count). The maximum atomic E-state index is 11.3. The first-order valence-corrected chi connectivity index (χ1v) is 13.8. The van der Waals surface area contributed by atoms with E-state index in [0.717, 1.165) is 64.3 Å².